The van der Waals surface area contributed by atoms with Gasteiger partial charge in [-0.05, 0) is 37.7 Å². The Labute approximate surface area is 95.0 Å². The van der Waals surface area contributed by atoms with Crippen molar-refractivity contribution in [2.24, 2.45) is 5.73 Å². The molecule has 2 atom stereocenters. The SMILES string of the molecule is CN1C[C@H](N)C[C@@H]1COc1ccc(F)cc1. The molecule has 0 saturated carbocycles. The molecular weight excluding hydrogens is 207 g/mol. The lowest BCUT2D eigenvalue weighted by Crippen LogP contribution is -2.30. The third kappa shape index (κ3) is 2.71. The Morgan fingerprint density at radius 3 is 2.69 bits per heavy atom. The van der Waals surface area contributed by atoms with Gasteiger partial charge in [0, 0.05) is 18.6 Å². The fourth-order valence-electron chi connectivity index (χ4n) is 2.04. The van der Waals surface area contributed by atoms with E-state index in [9.17, 15) is 4.39 Å². The third-order valence-corrected chi connectivity index (χ3v) is 2.98. The number of likely N-dealkylation sites (N-methyl/N-ethyl adjacent to an activating group) is 1. The quantitative estimate of drug-likeness (QED) is 0.839. The minimum Gasteiger partial charge on any atom is -0.492 e. The lowest BCUT2D eigenvalue weighted by atomic mass is 10.2. The summed E-state index contributed by atoms with van der Waals surface area (Å²) in [5.41, 5.74) is 5.86. The van der Waals surface area contributed by atoms with Crippen LogP contribution < -0.4 is 10.5 Å². The van der Waals surface area contributed by atoms with E-state index in [0.717, 1.165) is 13.0 Å². The van der Waals surface area contributed by atoms with E-state index in [1.54, 1.807) is 12.1 Å². The maximum atomic E-state index is 12.7. The summed E-state index contributed by atoms with van der Waals surface area (Å²) >= 11 is 0. The Balaban J connectivity index is 1.85. The molecule has 0 bridgehead atoms. The van der Waals surface area contributed by atoms with Crippen molar-refractivity contribution in [2.75, 3.05) is 20.2 Å². The molecule has 1 aliphatic heterocycles. The van der Waals surface area contributed by atoms with Crippen molar-refractivity contribution < 1.29 is 9.13 Å². The van der Waals surface area contributed by atoms with Gasteiger partial charge in [0.2, 0.25) is 0 Å². The summed E-state index contributed by atoms with van der Waals surface area (Å²) in [4.78, 5) is 2.20. The molecule has 0 aliphatic carbocycles. The van der Waals surface area contributed by atoms with Gasteiger partial charge < -0.3 is 10.5 Å². The number of hydrogen-bond acceptors (Lipinski definition) is 3. The second-order valence-electron chi connectivity index (χ2n) is 4.35. The fourth-order valence-corrected chi connectivity index (χ4v) is 2.04. The molecule has 0 radical (unpaired) electrons. The molecule has 1 heterocycles. The number of nitrogens with two attached hydrogens (primary N) is 1. The molecule has 3 nitrogen and oxygen atoms in total. The van der Waals surface area contributed by atoms with Gasteiger partial charge in [0.1, 0.15) is 18.2 Å². The number of likely N-dealkylation sites (tertiary alicyclic amines) is 1. The molecule has 1 aliphatic rings. The summed E-state index contributed by atoms with van der Waals surface area (Å²) in [6.45, 7) is 1.52. The lowest BCUT2D eigenvalue weighted by molar-refractivity contribution is 0.198. The number of benzene rings is 1. The Hall–Kier alpha value is -1.13. The highest BCUT2D eigenvalue weighted by Gasteiger charge is 2.27. The maximum Gasteiger partial charge on any atom is 0.123 e. The molecule has 0 spiro atoms. The van der Waals surface area contributed by atoms with Crippen molar-refractivity contribution in [1.82, 2.24) is 4.90 Å². The Morgan fingerprint density at radius 1 is 1.44 bits per heavy atom. The van der Waals surface area contributed by atoms with Crippen molar-refractivity contribution in [2.45, 2.75) is 18.5 Å². The van der Waals surface area contributed by atoms with Crippen LogP contribution in [0.5, 0.6) is 5.75 Å². The van der Waals surface area contributed by atoms with Gasteiger partial charge in [-0.2, -0.15) is 0 Å². The number of halogens is 1. The number of hydrogen-bond donors (Lipinski definition) is 1. The Kier molecular flexibility index (Phi) is 3.41. The molecule has 0 unspecified atom stereocenters. The van der Waals surface area contributed by atoms with Gasteiger partial charge >= 0.3 is 0 Å². The van der Waals surface area contributed by atoms with Gasteiger partial charge in [0.05, 0.1) is 0 Å². The molecule has 1 aromatic rings. The van der Waals surface area contributed by atoms with Gasteiger partial charge in [-0.1, -0.05) is 0 Å². The molecule has 2 N–H and O–H groups in total. The van der Waals surface area contributed by atoms with Crippen LogP contribution in [0, 0.1) is 5.82 Å². The molecule has 0 aromatic heterocycles. The molecule has 88 valence electrons. The van der Waals surface area contributed by atoms with E-state index in [1.807, 2.05) is 7.05 Å². The third-order valence-electron chi connectivity index (χ3n) is 2.98. The molecule has 2 rings (SSSR count). The Morgan fingerprint density at radius 2 is 2.12 bits per heavy atom. The standard InChI is InChI=1S/C12H17FN2O/c1-15-7-10(14)6-11(15)8-16-12-4-2-9(13)3-5-12/h2-5,10-11H,6-8,14H2,1H3/t10-,11-/m1/s1. The van der Waals surface area contributed by atoms with Gasteiger partial charge in [-0.3, -0.25) is 4.90 Å². The zero-order valence-electron chi connectivity index (χ0n) is 9.40. The average molecular weight is 224 g/mol. The first-order valence-corrected chi connectivity index (χ1v) is 5.49. The first kappa shape index (κ1) is 11.4. The highest BCUT2D eigenvalue weighted by atomic mass is 19.1. The summed E-state index contributed by atoms with van der Waals surface area (Å²) < 4.78 is 18.3. The van der Waals surface area contributed by atoms with Crippen LogP contribution in [0.1, 0.15) is 6.42 Å². The van der Waals surface area contributed by atoms with Crippen LogP contribution in [0.4, 0.5) is 4.39 Å². The van der Waals surface area contributed by atoms with E-state index in [1.165, 1.54) is 12.1 Å². The van der Waals surface area contributed by atoms with E-state index in [0.29, 0.717) is 18.4 Å². The van der Waals surface area contributed by atoms with Crippen molar-refractivity contribution in [3.8, 4) is 5.75 Å². The van der Waals surface area contributed by atoms with E-state index < -0.39 is 0 Å². The number of nitrogens with zero attached hydrogens (tertiary/aromatic N) is 1. The largest absolute Gasteiger partial charge is 0.492 e. The van der Waals surface area contributed by atoms with Crippen molar-refractivity contribution in [3.63, 3.8) is 0 Å². The zero-order valence-corrected chi connectivity index (χ0v) is 9.40. The number of rotatable bonds is 3. The van der Waals surface area contributed by atoms with Crippen molar-refractivity contribution in [1.29, 1.82) is 0 Å². The first-order chi connectivity index (χ1) is 7.65. The molecule has 1 saturated heterocycles. The van der Waals surface area contributed by atoms with Gasteiger partial charge in [-0.25, -0.2) is 4.39 Å². The zero-order chi connectivity index (χ0) is 11.5. The normalized spacial score (nSPS) is 25.9. The van der Waals surface area contributed by atoms with E-state index in [2.05, 4.69) is 4.90 Å². The van der Waals surface area contributed by atoms with Crippen LogP contribution in [0.2, 0.25) is 0 Å². The van der Waals surface area contributed by atoms with Crippen molar-refractivity contribution in [3.05, 3.63) is 30.1 Å². The predicted octanol–water partition coefficient (Wildman–Crippen LogP) is 1.24. The summed E-state index contributed by atoms with van der Waals surface area (Å²) in [6, 6.07) is 6.69. The van der Waals surface area contributed by atoms with Crippen molar-refractivity contribution >= 4 is 0 Å². The predicted molar refractivity (Wildman–Crippen MR) is 60.9 cm³/mol. The minimum absolute atomic E-state index is 0.242. The highest BCUT2D eigenvalue weighted by molar-refractivity contribution is 5.22. The van der Waals surface area contributed by atoms with Gasteiger partial charge in [-0.15, -0.1) is 0 Å². The average Bonchev–Trinajstić information content (AvgIpc) is 2.57. The topological polar surface area (TPSA) is 38.5 Å². The van der Waals surface area contributed by atoms with Crippen LogP contribution in [0.3, 0.4) is 0 Å². The summed E-state index contributed by atoms with van der Waals surface area (Å²) in [5.74, 6) is 0.461. The minimum atomic E-state index is -0.243. The van der Waals surface area contributed by atoms with E-state index in [4.69, 9.17) is 10.5 Å². The molecule has 1 fully saturated rings. The monoisotopic (exact) mass is 224 g/mol. The fraction of sp³-hybridized carbons (Fsp3) is 0.500. The summed E-state index contributed by atoms with van der Waals surface area (Å²) in [6.07, 6.45) is 0.956. The van der Waals surface area contributed by atoms with Gasteiger partial charge in [0.15, 0.2) is 0 Å². The second-order valence-corrected chi connectivity index (χ2v) is 4.35. The molecule has 4 heteroatoms. The second kappa shape index (κ2) is 4.80. The molecule has 16 heavy (non-hydrogen) atoms. The van der Waals surface area contributed by atoms with Crippen LogP contribution in [0.15, 0.2) is 24.3 Å². The van der Waals surface area contributed by atoms with E-state index in [-0.39, 0.29) is 11.9 Å². The Bertz CT molecular complexity index is 341. The maximum absolute atomic E-state index is 12.7. The lowest BCUT2D eigenvalue weighted by Gasteiger charge is -2.19. The van der Waals surface area contributed by atoms with Crippen LogP contribution in [-0.2, 0) is 0 Å². The molecule has 1 aromatic carbocycles. The molecule has 0 amide bonds. The smallest absolute Gasteiger partial charge is 0.123 e. The van der Waals surface area contributed by atoms with Crippen LogP contribution in [-0.4, -0.2) is 37.2 Å². The molecular formula is C12H17FN2O. The van der Waals surface area contributed by atoms with Crippen LogP contribution >= 0.6 is 0 Å². The number of ether oxygens (including phenoxy) is 1. The van der Waals surface area contributed by atoms with Gasteiger partial charge in [0.25, 0.3) is 0 Å². The summed E-state index contributed by atoms with van der Waals surface area (Å²) in [5, 5.41) is 0. The first-order valence-electron chi connectivity index (χ1n) is 5.49. The summed E-state index contributed by atoms with van der Waals surface area (Å²) in [7, 11) is 2.05. The van der Waals surface area contributed by atoms with E-state index >= 15 is 0 Å². The highest BCUT2D eigenvalue weighted by Crippen LogP contribution is 2.17. The van der Waals surface area contributed by atoms with Crippen LogP contribution in [0.25, 0.3) is 0 Å².